The highest BCUT2D eigenvalue weighted by atomic mass is 16.5. The van der Waals surface area contributed by atoms with Gasteiger partial charge in [0.25, 0.3) is 0 Å². The Bertz CT molecular complexity index is 180. The van der Waals surface area contributed by atoms with Gasteiger partial charge in [-0.3, -0.25) is 0 Å². The van der Waals surface area contributed by atoms with Gasteiger partial charge in [-0.15, -0.1) is 0 Å². The number of aliphatic hydroxyl groups is 1. The van der Waals surface area contributed by atoms with E-state index in [0.29, 0.717) is 6.61 Å². The molecule has 1 N–H and O–H groups in total. The lowest BCUT2D eigenvalue weighted by molar-refractivity contribution is 0.0872. The summed E-state index contributed by atoms with van der Waals surface area (Å²) in [5.41, 5.74) is 1.18. The first-order chi connectivity index (χ1) is 5.38. The van der Waals surface area contributed by atoms with Crippen LogP contribution in [0.5, 0.6) is 0 Å². The van der Waals surface area contributed by atoms with E-state index in [1.165, 1.54) is 18.4 Å². The van der Waals surface area contributed by atoms with Gasteiger partial charge < -0.3 is 9.84 Å². The van der Waals surface area contributed by atoms with Crippen molar-refractivity contribution in [3.63, 3.8) is 0 Å². The van der Waals surface area contributed by atoms with Gasteiger partial charge in [-0.25, -0.2) is 0 Å². The summed E-state index contributed by atoms with van der Waals surface area (Å²) >= 11 is 0. The van der Waals surface area contributed by atoms with Gasteiger partial charge in [-0.1, -0.05) is 0 Å². The van der Waals surface area contributed by atoms with Crippen LogP contribution in [0.25, 0.3) is 0 Å². The zero-order valence-corrected chi connectivity index (χ0v) is 6.68. The maximum atomic E-state index is 9.57. The molecule has 11 heavy (non-hydrogen) atoms. The fraction of sp³-hybridized carbons (Fsp3) is 0.778. The van der Waals surface area contributed by atoms with Gasteiger partial charge in [0.05, 0.1) is 18.5 Å². The Hall–Kier alpha value is -0.500. The third-order valence-electron chi connectivity index (χ3n) is 2.53. The highest BCUT2D eigenvalue weighted by molar-refractivity contribution is 5.18. The van der Waals surface area contributed by atoms with Gasteiger partial charge in [0, 0.05) is 12.8 Å². The van der Waals surface area contributed by atoms with E-state index in [1.807, 2.05) is 0 Å². The minimum absolute atomic E-state index is 0.195. The van der Waals surface area contributed by atoms with Crippen LogP contribution in [0.4, 0.5) is 0 Å². The molecule has 1 heterocycles. The summed E-state index contributed by atoms with van der Waals surface area (Å²) in [5.74, 6) is 1.09. The van der Waals surface area contributed by atoms with Crippen LogP contribution in [0.3, 0.4) is 0 Å². The molecule has 1 atom stereocenters. The largest absolute Gasteiger partial charge is 0.498 e. The third-order valence-corrected chi connectivity index (χ3v) is 2.53. The molecule has 0 aromatic heterocycles. The quantitative estimate of drug-likeness (QED) is 0.574. The molecule has 2 heteroatoms. The zero-order valence-electron chi connectivity index (χ0n) is 6.68. The molecule has 0 aromatic carbocycles. The van der Waals surface area contributed by atoms with Gasteiger partial charge in [0.2, 0.25) is 0 Å². The van der Waals surface area contributed by atoms with Crippen molar-refractivity contribution in [2.45, 2.75) is 38.2 Å². The molecule has 1 aliphatic heterocycles. The fourth-order valence-corrected chi connectivity index (χ4v) is 1.89. The standard InChI is InChI=1S/C9H14O2/c10-8-5-6-11-9-4-2-1-3-7(8)9/h8,10H,1-6H2. The van der Waals surface area contributed by atoms with E-state index in [4.69, 9.17) is 4.74 Å². The third kappa shape index (κ3) is 1.27. The smallest absolute Gasteiger partial charge is 0.0977 e. The van der Waals surface area contributed by atoms with Crippen molar-refractivity contribution in [2.75, 3.05) is 6.61 Å². The molecule has 1 aliphatic carbocycles. The minimum atomic E-state index is -0.195. The molecule has 0 amide bonds. The van der Waals surface area contributed by atoms with Crippen molar-refractivity contribution in [3.05, 3.63) is 11.3 Å². The Morgan fingerprint density at radius 3 is 2.91 bits per heavy atom. The van der Waals surface area contributed by atoms with Crippen molar-refractivity contribution in [2.24, 2.45) is 0 Å². The van der Waals surface area contributed by atoms with Crippen molar-refractivity contribution in [1.29, 1.82) is 0 Å². The van der Waals surface area contributed by atoms with Gasteiger partial charge in [-0.2, -0.15) is 0 Å². The molecule has 0 radical (unpaired) electrons. The summed E-state index contributed by atoms with van der Waals surface area (Å²) in [4.78, 5) is 0. The van der Waals surface area contributed by atoms with Crippen LogP contribution in [-0.2, 0) is 4.74 Å². The zero-order chi connectivity index (χ0) is 7.68. The van der Waals surface area contributed by atoms with Gasteiger partial charge in [0.15, 0.2) is 0 Å². The van der Waals surface area contributed by atoms with Gasteiger partial charge in [0.1, 0.15) is 0 Å². The van der Waals surface area contributed by atoms with E-state index in [-0.39, 0.29) is 6.10 Å². The number of hydrogen-bond donors (Lipinski definition) is 1. The molecule has 1 unspecified atom stereocenters. The number of aliphatic hydroxyl groups excluding tert-OH is 1. The van der Waals surface area contributed by atoms with E-state index >= 15 is 0 Å². The predicted molar refractivity (Wildman–Crippen MR) is 42.1 cm³/mol. The predicted octanol–water partition coefficient (Wildman–Crippen LogP) is 1.60. The summed E-state index contributed by atoms with van der Waals surface area (Å²) in [6, 6.07) is 0. The lowest BCUT2D eigenvalue weighted by atomic mass is 9.91. The molecule has 0 aromatic rings. The summed E-state index contributed by atoms with van der Waals surface area (Å²) in [6.45, 7) is 0.708. The minimum Gasteiger partial charge on any atom is -0.498 e. The van der Waals surface area contributed by atoms with E-state index in [0.717, 1.165) is 25.0 Å². The van der Waals surface area contributed by atoms with Gasteiger partial charge >= 0.3 is 0 Å². The molecule has 2 rings (SSSR count). The molecule has 0 fully saturated rings. The highest BCUT2D eigenvalue weighted by Gasteiger charge is 2.24. The molecule has 0 saturated heterocycles. The first kappa shape index (κ1) is 7.17. The van der Waals surface area contributed by atoms with Crippen LogP contribution >= 0.6 is 0 Å². The Labute approximate surface area is 66.9 Å². The summed E-state index contributed by atoms with van der Waals surface area (Å²) in [5, 5.41) is 9.57. The molecular weight excluding hydrogens is 140 g/mol. The SMILES string of the molecule is OC1CCOC2=C1CCCC2. The van der Waals surface area contributed by atoms with Crippen LogP contribution in [0, 0.1) is 0 Å². The van der Waals surface area contributed by atoms with E-state index in [9.17, 15) is 5.11 Å². The van der Waals surface area contributed by atoms with Crippen molar-refractivity contribution in [3.8, 4) is 0 Å². The number of ether oxygens (including phenoxy) is 1. The first-order valence-electron chi connectivity index (χ1n) is 4.41. The van der Waals surface area contributed by atoms with E-state index in [2.05, 4.69) is 0 Å². The Morgan fingerprint density at radius 1 is 1.27 bits per heavy atom. The second kappa shape index (κ2) is 2.86. The van der Waals surface area contributed by atoms with E-state index in [1.54, 1.807) is 0 Å². The lowest BCUT2D eigenvalue weighted by Gasteiger charge is -2.28. The molecule has 2 nitrogen and oxygen atoms in total. The summed E-state index contributed by atoms with van der Waals surface area (Å²) in [7, 11) is 0. The topological polar surface area (TPSA) is 29.5 Å². The number of hydrogen-bond acceptors (Lipinski definition) is 2. The number of allylic oxidation sites excluding steroid dienone is 1. The van der Waals surface area contributed by atoms with Crippen LogP contribution in [0.15, 0.2) is 11.3 Å². The van der Waals surface area contributed by atoms with E-state index < -0.39 is 0 Å². The molecule has 0 saturated carbocycles. The lowest BCUT2D eigenvalue weighted by Crippen LogP contribution is -2.23. The molecule has 2 aliphatic rings. The maximum absolute atomic E-state index is 9.57. The molecule has 62 valence electrons. The van der Waals surface area contributed by atoms with Crippen molar-refractivity contribution >= 4 is 0 Å². The van der Waals surface area contributed by atoms with Gasteiger partial charge in [-0.05, 0) is 24.8 Å². The molecular formula is C9H14O2. The van der Waals surface area contributed by atoms with Crippen LogP contribution in [0.1, 0.15) is 32.1 Å². The summed E-state index contributed by atoms with van der Waals surface area (Å²) < 4.78 is 5.47. The van der Waals surface area contributed by atoms with Crippen LogP contribution in [-0.4, -0.2) is 17.8 Å². The summed E-state index contributed by atoms with van der Waals surface area (Å²) in [6.07, 6.45) is 5.14. The molecule has 0 bridgehead atoms. The number of rotatable bonds is 0. The highest BCUT2D eigenvalue weighted by Crippen LogP contribution is 2.31. The Kier molecular flexibility index (Phi) is 1.86. The van der Waals surface area contributed by atoms with Crippen LogP contribution in [0.2, 0.25) is 0 Å². The second-order valence-corrected chi connectivity index (χ2v) is 3.31. The monoisotopic (exact) mass is 154 g/mol. The normalized spacial score (nSPS) is 31.2. The Morgan fingerprint density at radius 2 is 2.09 bits per heavy atom. The Balaban J connectivity index is 2.21. The van der Waals surface area contributed by atoms with Crippen LogP contribution < -0.4 is 0 Å². The van der Waals surface area contributed by atoms with Crippen molar-refractivity contribution in [1.82, 2.24) is 0 Å². The second-order valence-electron chi connectivity index (χ2n) is 3.31. The van der Waals surface area contributed by atoms with Crippen molar-refractivity contribution < 1.29 is 9.84 Å². The average molecular weight is 154 g/mol. The first-order valence-corrected chi connectivity index (χ1v) is 4.41. The average Bonchev–Trinajstić information content (AvgIpc) is 2.06. The molecule has 0 spiro atoms. The maximum Gasteiger partial charge on any atom is 0.0977 e. The fourth-order valence-electron chi connectivity index (χ4n) is 1.89.